The number of amides is 1. The lowest BCUT2D eigenvalue weighted by Crippen LogP contribution is -2.33. The molecule has 5 nitrogen and oxygen atoms in total. The lowest BCUT2D eigenvalue weighted by molar-refractivity contribution is -0.128. The Kier molecular flexibility index (Phi) is 6.06. The van der Waals surface area contributed by atoms with Gasteiger partial charge in [-0.1, -0.05) is 30.3 Å². The van der Waals surface area contributed by atoms with Gasteiger partial charge in [-0.2, -0.15) is 0 Å². The van der Waals surface area contributed by atoms with E-state index in [2.05, 4.69) is 52.1 Å². The predicted molar refractivity (Wildman–Crippen MR) is 102 cm³/mol. The van der Waals surface area contributed by atoms with E-state index in [4.69, 9.17) is 5.73 Å². The van der Waals surface area contributed by atoms with E-state index < -0.39 is 0 Å². The summed E-state index contributed by atoms with van der Waals surface area (Å²) in [5, 5.41) is 5.23. The molecule has 2 aromatic rings. The van der Waals surface area contributed by atoms with Crippen molar-refractivity contribution in [2.24, 2.45) is 10.7 Å². The lowest BCUT2D eigenvalue weighted by atomic mass is 10.1. The molecule has 3 rings (SSSR count). The maximum absolute atomic E-state index is 11.7. The number of carbonyl (C=O) groups excluding carboxylic acids is 1. The van der Waals surface area contributed by atoms with Crippen molar-refractivity contribution in [3.63, 3.8) is 0 Å². The van der Waals surface area contributed by atoms with E-state index in [0.717, 1.165) is 37.1 Å². The smallest absolute Gasteiger partial charge is 0.222 e. The largest absolute Gasteiger partial charge is 0.370 e. The van der Waals surface area contributed by atoms with E-state index in [-0.39, 0.29) is 5.91 Å². The van der Waals surface area contributed by atoms with E-state index in [1.165, 1.54) is 4.88 Å². The molecule has 0 atom stereocenters. The van der Waals surface area contributed by atoms with Gasteiger partial charge in [0.15, 0.2) is 5.96 Å². The van der Waals surface area contributed by atoms with Gasteiger partial charge in [-0.05, 0) is 35.4 Å². The first kappa shape index (κ1) is 17.5. The third kappa shape index (κ3) is 5.32. The SMILES string of the molecule is NC(=NCc1ccc(CN2CCCC2=O)cc1)NCCc1cccs1. The number of hydrogen-bond donors (Lipinski definition) is 2. The summed E-state index contributed by atoms with van der Waals surface area (Å²) in [6, 6.07) is 12.4. The zero-order chi connectivity index (χ0) is 17.5. The summed E-state index contributed by atoms with van der Waals surface area (Å²) >= 11 is 1.75. The molecule has 6 heteroatoms. The molecule has 0 unspecified atom stereocenters. The van der Waals surface area contributed by atoms with Gasteiger partial charge < -0.3 is 16.0 Å². The van der Waals surface area contributed by atoms with Crippen molar-refractivity contribution in [1.82, 2.24) is 10.2 Å². The Morgan fingerprint density at radius 1 is 1.24 bits per heavy atom. The number of benzene rings is 1. The van der Waals surface area contributed by atoms with Gasteiger partial charge in [-0.25, -0.2) is 4.99 Å². The van der Waals surface area contributed by atoms with Crippen LogP contribution in [0.3, 0.4) is 0 Å². The van der Waals surface area contributed by atoms with E-state index in [9.17, 15) is 4.79 Å². The minimum absolute atomic E-state index is 0.259. The monoisotopic (exact) mass is 356 g/mol. The third-order valence-corrected chi connectivity index (χ3v) is 5.19. The zero-order valence-corrected chi connectivity index (χ0v) is 15.1. The average Bonchev–Trinajstić information content (AvgIpc) is 3.27. The van der Waals surface area contributed by atoms with Gasteiger partial charge in [0.2, 0.25) is 5.91 Å². The van der Waals surface area contributed by atoms with Crippen LogP contribution in [0.4, 0.5) is 0 Å². The van der Waals surface area contributed by atoms with E-state index in [0.29, 0.717) is 25.5 Å². The molecule has 132 valence electrons. The summed E-state index contributed by atoms with van der Waals surface area (Å²) in [5.74, 6) is 0.735. The van der Waals surface area contributed by atoms with Crippen molar-refractivity contribution in [3.8, 4) is 0 Å². The number of nitrogens with zero attached hydrogens (tertiary/aromatic N) is 2. The van der Waals surface area contributed by atoms with Crippen LogP contribution in [0.1, 0.15) is 28.8 Å². The molecule has 0 aliphatic carbocycles. The Balaban J connectivity index is 1.43. The van der Waals surface area contributed by atoms with Crippen LogP contribution in [0.25, 0.3) is 0 Å². The molecular formula is C19H24N4OS. The van der Waals surface area contributed by atoms with Gasteiger partial charge in [0.25, 0.3) is 0 Å². The lowest BCUT2D eigenvalue weighted by Gasteiger charge is -2.15. The summed E-state index contributed by atoms with van der Waals surface area (Å²) in [7, 11) is 0. The molecule has 1 aliphatic rings. The molecule has 2 heterocycles. The fourth-order valence-corrected chi connectivity index (χ4v) is 3.55. The maximum atomic E-state index is 11.7. The van der Waals surface area contributed by atoms with Crippen LogP contribution < -0.4 is 11.1 Å². The summed E-state index contributed by atoms with van der Waals surface area (Å²) in [6.07, 6.45) is 2.62. The number of aliphatic imine (C=N–C) groups is 1. The second-order valence-corrected chi connectivity index (χ2v) is 7.23. The molecule has 0 bridgehead atoms. The molecule has 1 amide bonds. The number of rotatable bonds is 7. The zero-order valence-electron chi connectivity index (χ0n) is 14.3. The Hall–Kier alpha value is -2.34. The van der Waals surface area contributed by atoms with Crippen LogP contribution in [0.5, 0.6) is 0 Å². The predicted octanol–water partition coefficient (Wildman–Crippen LogP) is 2.52. The van der Waals surface area contributed by atoms with Crippen molar-refractivity contribution < 1.29 is 4.79 Å². The summed E-state index contributed by atoms with van der Waals surface area (Å²) in [5.41, 5.74) is 8.18. The Labute approximate surface area is 152 Å². The van der Waals surface area contributed by atoms with E-state index in [1.807, 2.05) is 4.90 Å². The maximum Gasteiger partial charge on any atom is 0.222 e. The highest BCUT2D eigenvalue weighted by atomic mass is 32.1. The number of carbonyl (C=O) groups is 1. The van der Waals surface area contributed by atoms with Crippen LogP contribution in [0.15, 0.2) is 46.8 Å². The molecule has 1 aliphatic heterocycles. The fraction of sp³-hybridized carbons (Fsp3) is 0.368. The topological polar surface area (TPSA) is 70.7 Å². The summed E-state index contributed by atoms with van der Waals surface area (Å²) in [4.78, 5) is 19.3. The Morgan fingerprint density at radius 3 is 2.72 bits per heavy atom. The molecular weight excluding hydrogens is 332 g/mol. The first-order chi connectivity index (χ1) is 12.2. The second kappa shape index (κ2) is 8.67. The average molecular weight is 356 g/mol. The van der Waals surface area contributed by atoms with Gasteiger partial charge in [-0.15, -0.1) is 11.3 Å². The molecule has 3 N–H and O–H groups in total. The van der Waals surface area contributed by atoms with Gasteiger partial charge in [0.05, 0.1) is 6.54 Å². The standard InChI is InChI=1S/C19H24N4OS/c20-19(21-10-9-17-3-2-12-25-17)22-13-15-5-7-16(8-6-15)14-23-11-1-4-18(23)24/h2-3,5-8,12H,1,4,9-11,13-14H2,(H3,20,21,22). The van der Waals surface area contributed by atoms with Crippen LogP contribution in [-0.2, 0) is 24.3 Å². The summed E-state index contributed by atoms with van der Waals surface area (Å²) in [6.45, 7) is 2.92. The van der Waals surface area contributed by atoms with Crippen LogP contribution in [0, 0.1) is 0 Å². The van der Waals surface area contributed by atoms with E-state index >= 15 is 0 Å². The molecule has 1 saturated heterocycles. The first-order valence-corrected chi connectivity index (χ1v) is 9.50. The van der Waals surface area contributed by atoms with Crippen molar-refractivity contribution >= 4 is 23.2 Å². The number of guanidine groups is 1. The Bertz CT molecular complexity index is 710. The van der Waals surface area contributed by atoms with E-state index in [1.54, 1.807) is 11.3 Å². The minimum Gasteiger partial charge on any atom is -0.370 e. The summed E-state index contributed by atoms with van der Waals surface area (Å²) < 4.78 is 0. The molecule has 0 spiro atoms. The first-order valence-electron chi connectivity index (χ1n) is 8.62. The molecule has 0 radical (unpaired) electrons. The Morgan fingerprint density at radius 2 is 2.04 bits per heavy atom. The molecule has 1 aromatic heterocycles. The fourth-order valence-electron chi connectivity index (χ4n) is 2.84. The van der Waals surface area contributed by atoms with Crippen LogP contribution >= 0.6 is 11.3 Å². The number of likely N-dealkylation sites (tertiary alicyclic amines) is 1. The molecule has 1 fully saturated rings. The van der Waals surface area contributed by atoms with Gasteiger partial charge >= 0.3 is 0 Å². The second-order valence-electron chi connectivity index (χ2n) is 6.19. The van der Waals surface area contributed by atoms with Gasteiger partial charge in [0.1, 0.15) is 0 Å². The third-order valence-electron chi connectivity index (χ3n) is 4.26. The van der Waals surface area contributed by atoms with Gasteiger partial charge in [-0.3, -0.25) is 4.79 Å². The quantitative estimate of drug-likeness (QED) is 0.591. The number of hydrogen-bond acceptors (Lipinski definition) is 3. The number of nitrogens with two attached hydrogens (primary N) is 1. The highest BCUT2D eigenvalue weighted by Crippen LogP contribution is 2.15. The highest BCUT2D eigenvalue weighted by molar-refractivity contribution is 7.09. The highest BCUT2D eigenvalue weighted by Gasteiger charge is 2.19. The number of thiophene rings is 1. The van der Waals surface area contributed by atoms with Crippen molar-refractivity contribution in [3.05, 3.63) is 57.8 Å². The van der Waals surface area contributed by atoms with Crippen LogP contribution in [-0.4, -0.2) is 29.9 Å². The van der Waals surface area contributed by atoms with Crippen molar-refractivity contribution in [2.75, 3.05) is 13.1 Å². The van der Waals surface area contributed by atoms with Crippen LogP contribution in [0.2, 0.25) is 0 Å². The molecule has 0 saturated carbocycles. The van der Waals surface area contributed by atoms with Gasteiger partial charge in [0, 0.05) is 30.9 Å². The number of nitrogens with one attached hydrogen (secondary N) is 1. The normalized spacial score (nSPS) is 15.0. The minimum atomic E-state index is 0.259. The molecule has 25 heavy (non-hydrogen) atoms. The van der Waals surface area contributed by atoms with Crippen molar-refractivity contribution in [2.45, 2.75) is 32.4 Å². The molecule has 1 aromatic carbocycles. The van der Waals surface area contributed by atoms with Crippen molar-refractivity contribution in [1.29, 1.82) is 0 Å².